The first-order chi connectivity index (χ1) is 11.5. The minimum Gasteiger partial charge on any atom is -0.496 e. The van der Waals surface area contributed by atoms with Gasteiger partial charge in [0.15, 0.2) is 0 Å². The molecule has 7 heteroatoms. The van der Waals surface area contributed by atoms with Gasteiger partial charge in [-0.25, -0.2) is 5.43 Å². The van der Waals surface area contributed by atoms with Gasteiger partial charge in [0.2, 0.25) is 0 Å². The maximum Gasteiger partial charge on any atom is 0.329 e. The number of nitrogens with zero attached hydrogens (tertiary/aromatic N) is 1. The predicted octanol–water partition coefficient (Wildman–Crippen LogP) is 2.85. The summed E-state index contributed by atoms with van der Waals surface area (Å²) in [5, 5.41) is 6.29. The Labute approximate surface area is 148 Å². The molecule has 0 aliphatic heterocycles. The lowest BCUT2D eigenvalue weighted by molar-refractivity contribution is -0.136. The van der Waals surface area contributed by atoms with Crippen molar-refractivity contribution in [2.75, 3.05) is 12.4 Å². The summed E-state index contributed by atoms with van der Waals surface area (Å²) in [7, 11) is 1.54. The van der Waals surface area contributed by atoms with Crippen LogP contribution >= 0.6 is 15.9 Å². The smallest absolute Gasteiger partial charge is 0.329 e. The standard InChI is InChI=1S/C17H16BrN3O3/c1-11-4-3-5-14(8-11)20-16(22)17(23)21-19-10-12-9-13(18)6-7-15(12)24-2/h3-10H,1-2H3,(H,20,22)(H,21,23)/b19-10-. The van der Waals surface area contributed by atoms with Crippen LogP contribution in [0.2, 0.25) is 0 Å². The maximum absolute atomic E-state index is 11.8. The number of carbonyl (C=O) groups excluding carboxylic acids is 2. The van der Waals surface area contributed by atoms with Crippen LogP contribution in [0, 0.1) is 6.92 Å². The number of benzene rings is 2. The highest BCUT2D eigenvalue weighted by Crippen LogP contribution is 2.21. The second kappa shape index (κ2) is 8.26. The second-order valence-corrected chi connectivity index (χ2v) is 5.82. The third kappa shape index (κ3) is 4.92. The molecule has 0 unspecified atom stereocenters. The molecule has 0 radical (unpaired) electrons. The van der Waals surface area contributed by atoms with E-state index in [0.717, 1.165) is 10.0 Å². The van der Waals surface area contributed by atoms with Crippen LogP contribution in [0.15, 0.2) is 52.0 Å². The summed E-state index contributed by atoms with van der Waals surface area (Å²) < 4.78 is 6.03. The molecular weight excluding hydrogens is 374 g/mol. The van der Waals surface area contributed by atoms with Gasteiger partial charge in [-0.1, -0.05) is 28.1 Å². The molecule has 2 rings (SSSR count). The number of anilines is 1. The van der Waals surface area contributed by atoms with Gasteiger partial charge in [-0.2, -0.15) is 5.10 Å². The van der Waals surface area contributed by atoms with Gasteiger partial charge in [-0.05, 0) is 42.8 Å². The van der Waals surface area contributed by atoms with Crippen molar-refractivity contribution in [3.05, 3.63) is 58.1 Å². The largest absolute Gasteiger partial charge is 0.496 e. The van der Waals surface area contributed by atoms with Crippen LogP contribution < -0.4 is 15.5 Å². The zero-order valence-electron chi connectivity index (χ0n) is 13.2. The molecule has 2 N–H and O–H groups in total. The lowest BCUT2D eigenvalue weighted by atomic mass is 10.2. The fourth-order valence-electron chi connectivity index (χ4n) is 1.93. The van der Waals surface area contributed by atoms with E-state index in [1.165, 1.54) is 13.3 Å². The summed E-state index contributed by atoms with van der Waals surface area (Å²) >= 11 is 3.34. The SMILES string of the molecule is COc1ccc(Br)cc1/C=N\NC(=O)C(=O)Nc1cccc(C)c1. The number of methoxy groups -OCH3 is 1. The minimum atomic E-state index is -0.860. The number of hydrazone groups is 1. The van der Waals surface area contributed by atoms with Crippen LogP contribution in [-0.2, 0) is 9.59 Å². The average molecular weight is 390 g/mol. The first-order valence-corrected chi connectivity index (χ1v) is 7.83. The van der Waals surface area contributed by atoms with Crippen LogP contribution in [0.1, 0.15) is 11.1 Å². The molecule has 0 saturated heterocycles. The Balaban J connectivity index is 1.97. The monoisotopic (exact) mass is 389 g/mol. The predicted molar refractivity (Wildman–Crippen MR) is 96.2 cm³/mol. The van der Waals surface area contributed by atoms with Gasteiger partial charge in [0.1, 0.15) is 5.75 Å². The third-order valence-corrected chi connectivity index (χ3v) is 3.54. The highest BCUT2D eigenvalue weighted by atomic mass is 79.9. The fraction of sp³-hybridized carbons (Fsp3) is 0.118. The number of amides is 2. The van der Waals surface area contributed by atoms with Crippen molar-refractivity contribution in [3.8, 4) is 5.75 Å². The molecule has 0 aliphatic rings. The van der Waals surface area contributed by atoms with E-state index in [2.05, 4.69) is 31.8 Å². The van der Waals surface area contributed by atoms with Gasteiger partial charge in [0, 0.05) is 15.7 Å². The highest BCUT2D eigenvalue weighted by molar-refractivity contribution is 9.10. The molecule has 6 nitrogen and oxygen atoms in total. The quantitative estimate of drug-likeness (QED) is 0.479. The number of hydrogen-bond donors (Lipinski definition) is 2. The van der Waals surface area contributed by atoms with Gasteiger partial charge in [-0.3, -0.25) is 9.59 Å². The first kappa shape index (κ1) is 17.7. The number of halogens is 1. The molecule has 24 heavy (non-hydrogen) atoms. The Morgan fingerprint density at radius 3 is 2.67 bits per heavy atom. The topological polar surface area (TPSA) is 79.8 Å². The average Bonchev–Trinajstić information content (AvgIpc) is 2.55. The van der Waals surface area contributed by atoms with E-state index < -0.39 is 11.8 Å². The number of aryl methyl sites for hydroxylation is 1. The lowest BCUT2D eigenvalue weighted by Gasteiger charge is -2.05. The normalized spacial score (nSPS) is 10.5. The van der Waals surface area contributed by atoms with E-state index in [4.69, 9.17) is 4.74 Å². The number of hydrogen-bond acceptors (Lipinski definition) is 4. The van der Waals surface area contributed by atoms with Gasteiger partial charge in [0.05, 0.1) is 13.3 Å². The molecule has 0 atom stereocenters. The highest BCUT2D eigenvalue weighted by Gasteiger charge is 2.12. The Bertz CT molecular complexity index is 790. The number of carbonyl (C=O) groups is 2. The first-order valence-electron chi connectivity index (χ1n) is 7.04. The summed E-state index contributed by atoms with van der Waals surface area (Å²) in [6.07, 6.45) is 1.40. The van der Waals surface area contributed by atoms with E-state index in [9.17, 15) is 9.59 Å². The van der Waals surface area contributed by atoms with Crippen molar-refractivity contribution in [1.29, 1.82) is 0 Å². The summed E-state index contributed by atoms with van der Waals surface area (Å²) in [6.45, 7) is 1.89. The lowest BCUT2D eigenvalue weighted by Crippen LogP contribution is -2.32. The van der Waals surface area contributed by atoms with Crippen molar-refractivity contribution >= 4 is 39.6 Å². The molecular formula is C17H16BrN3O3. The Morgan fingerprint density at radius 1 is 1.17 bits per heavy atom. The van der Waals surface area contributed by atoms with E-state index in [1.54, 1.807) is 30.3 Å². The zero-order chi connectivity index (χ0) is 17.5. The van der Waals surface area contributed by atoms with Crippen molar-refractivity contribution in [1.82, 2.24) is 5.43 Å². The van der Waals surface area contributed by atoms with Crippen molar-refractivity contribution in [2.45, 2.75) is 6.92 Å². The number of ether oxygens (including phenoxy) is 1. The van der Waals surface area contributed by atoms with E-state index in [1.807, 2.05) is 19.1 Å². The molecule has 124 valence electrons. The Morgan fingerprint density at radius 2 is 1.96 bits per heavy atom. The van der Waals surface area contributed by atoms with Gasteiger partial charge in [-0.15, -0.1) is 0 Å². The van der Waals surface area contributed by atoms with Crippen LogP contribution in [0.4, 0.5) is 5.69 Å². The third-order valence-electron chi connectivity index (χ3n) is 3.04. The summed E-state index contributed by atoms with van der Waals surface area (Å²) in [5.74, 6) is -1.05. The van der Waals surface area contributed by atoms with E-state index >= 15 is 0 Å². The van der Waals surface area contributed by atoms with Gasteiger partial charge >= 0.3 is 11.8 Å². The summed E-state index contributed by atoms with van der Waals surface area (Å²) in [5.41, 5.74) is 4.37. The van der Waals surface area contributed by atoms with Crippen LogP contribution in [0.3, 0.4) is 0 Å². The maximum atomic E-state index is 11.8. The molecule has 2 aromatic rings. The molecule has 2 amide bonds. The minimum absolute atomic E-state index is 0.549. The Kier molecular flexibility index (Phi) is 6.08. The van der Waals surface area contributed by atoms with Crippen molar-refractivity contribution < 1.29 is 14.3 Å². The molecule has 0 heterocycles. The second-order valence-electron chi connectivity index (χ2n) is 4.91. The zero-order valence-corrected chi connectivity index (χ0v) is 14.8. The van der Waals surface area contributed by atoms with E-state index in [0.29, 0.717) is 17.0 Å². The molecule has 2 aromatic carbocycles. The van der Waals surface area contributed by atoms with Crippen LogP contribution in [-0.4, -0.2) is 25.1 Å². The molecule has 0 aromatic heterocycles. The molecule has 0 aliphatic carbocycles. The van der Waals surface area contributed by atoms with Crippen LogP contribution in [0.25, 0.3) is 0 Å². The summed E-state index contributed by atoms with van der Waals surface area (Å²) in [6, 6.07) is 12.5. The van der Waals surface area contributed by atoms with Crippen molar-refractivity contribution in [2.24, 2.45) is 5.10 Å². The Hall–Kier alpha value is -2.67. The molecule has 0 fully saturated rings. The summed E-state index contributed by atoms with van der Waals surface area (Å²) in [4.78, 5) is 23.6. The number of rotatable bonds is 4. The number of nitrogens with one attached hydrogen (secondary N) is 2. The molecule has 0 spiro atoms. The van der Waals surface area contributed by atoms with Crippen LogP contribution in [0.5, 0.6) is 5.75 Å². The van der Waals surface area contributed by atoms with Gasteiger partial charge in [0.25, 0.3) is 0 Å². The fourth-order valence-corrected chi connectivity index (χ4v) is 2.31. The van der Waals surface area contributed by atoms with Gasteiger partial charge < -0.3 is 10.1 Å². The molecule has 0 saturated carbocycles. The van der Waals surface area contributed by atoms with E-state index in [-0.39, 0.29) is 0 Å². The van der Waals surface area contributed by atoms with Crippen molar-refractivity contribution in [3.63, 3.8) is 0 Å². The molecule has 0 bridgehead atoms.